The van der Waals surface area contributed by atoms with Crippen molar-refractivity contribution in [2.24, 2.45) is 5.92 Å². The SMILES string of the molecule is Cc1cccc(C(=O)NN2C[C@H](C(=O)OCC(=O)Nc3ccc(C)c(Cl)c3)CC2=O)c1. The number of halogens is 1. The predicted octanol–water partition coefficient (Wildman–Crippen LogP) is 2.63. The Labute approximate surface area is 184 Å². The summed E-state index contributed by atoms with van der Waals surface area (Å²) in [6, 6.07) is 12.0. The Morgan fingerprint density at radius 3 is 2.65 bits per heavy atom. The van der Waals surface area contributed by atoms with Crippen LogP contribution in [0.1, 0.15) is 27.9 Å². The molecule has 8 nitrogen and oxygen atoms in total. The standard InChI is InChI=1S/C22H22ClN3O5/c1-13-4-3-5-15(8-13)21(29)25-26-11-16(9-20(26)28)22(30)31-12-19(27)24-17-7-6-14(2)18(23)10-17/h3-8,10,16H,9,11-12H2,1-2H3,(H,24,27)(H,25,29)/t16-/m1/s1. The molecule has 1 atom stereocenters. The highest BCUT2D eigenvalue weighted by Crippen LogP contribution is 2.20. The largest absolute Gasteiger partial charge is 0.455 e. The van der Waals surface area contributed by atoms with Gasteiger partial charge in [0.15, 0.2) is 6.61 Å². The Hall–Kier alpha value is -3.39. The summed E-state index contributed by atoms with van der Waals surface area (Å²) >= 11 is 6.02. The van der Waals surface area contributed by atoms with Crippen LogP contribution in [0.2, 0.25) is 5.02 Å². The van der Waals surface area contributed by atoms with Gasteiger partial charge >= 0.3 is 5.97 Å². The molecule has 1 heterocycles. The van der Waals surface area contributed by atoms with Crippen LogP contribution in [0.5, 0.6) is 0 Å². The summed E-state index contributed by atoms with van der Waals surface area (Å²) in [5.41, 5.74) is 5.18. The van der Waals surface area contributed by atoms with Gasteiger partial charge in [-0.1, -0.05) is 35.4 Å². The first-order valence-electron chi connectivity index (χ1n) is 9.63. The summed E-state index contributed by atoms with van der Waals surface area (Å²) in [5, 5.41) is 4.20. The van der Waals surface area contributed by atoms with Crippen LogP contribution in [0.3, 0.4) is 0 Å². The fourth-order valence-electron chi connectivity index (χ4n) is 3.07. The maximum absolute atomic E-state index is 12.3. The van der Waals surface area contributed by atoms with Gasteiger partial charge in [0.1, 0.15) is 0 Å². The molecular weight excluding hydrogens is 422 g/mol. The van der Waals surface area contributed by atoms with E-state index in [0.29, 0.717) is 16.3 Å². The predicted molar refractivity (Wildman–Crippen MR) is 114 cm³/mol. The van der Waals surface area contributed by atoms with E-state index in [0.717, 1.165) is 16.1 Å². The van der Waals surface area contributed by atoms with E-state index in [2.05, 4.69) is 10.7 Å². The Morgan fingerprint density at radius 2 is 1.94 bits per heavy atom. The summed E-state index contributed by atoms with van der Waals surface area (Å²) < 4.78 is 5.04. The number of benzene rings is 2. The van der Waals surface area contributed by atoms with Gasteiger partial charge in [-0.15, -0.1) is 0 Å². The second-order valence-corrected chi connectivity index (χ2v) is 7.74. The van der Waals surface area contributed by atoms with Crippen LogP contribution in [-0.2, 0) is 19.1 Å². The molecule has 0 bridgehead atoms. The first-order valence-corrected chi connectivity index (χ1v) is 10.0. The zero-order valence-electron chi connectivity index (χ0n) is 17.1. The molecule has 0 radical (unpaired) electrons. The van der Waals surface area contributed by atoms with Gasteiger partial charge in [-0.2, -0.15) is 0 Å². The lowest BCUT2D eigenvalue weighted by atomic mass is 10.1. The lowest BCUT2D eigenvalue weighted by Gasteiger charge is -2.17. The van der Waals surface area contributed by atoms with Crippen LogP contribution in [-0.4, -0.2) is 41.9 Å². The zero-order chi connectivity index (χ0) is 22.5. The monoisotopic (exact) mass is 443 g/mol. The van der Waals surface area contributed by atoms with Gasteiger partial charge in [0.05, 0.1) is 12.5 Å². The van der Waals surface area contributed by atoms with Crippen molar-refractivity contribution < 1.29 is 23.9 Å². The first-order chi connectivity index (χ1) is 14.7. The topological polar surface area (TPSA) is 105 Å². The van der Waals surface area contributed by atoms with E-state index in [1.807, 2.05) is 19.9 Å². The van der Waals surface area contributed by atoms with Crippen molar-refractivity contribution in [3.8, 4) is 0 Å². The van der Waals surface area contributed by atoms with Crippen molar-refractivity contribution in [2.75, 3.05) is 18.5 Å². The average Bonchev–Trinajstić information content (AvgIpc) is 3.09. The smallest absolute Gasteiger partial charge is 0.311 e. The van der Waals surface area contributed by atoms with Crippen molar-refractivity contribution in [3.05, 3.63) is 64.2 Å². The molecule has 3 amide bonds. The van der Waals surface area contributed by atoms with Gasteiger partial charge in [0.2, 0.25) is 5.91 Å². The number of amides is 3. The van der Waals surface area contributed by atoms with E-state index in [9.17, 15) is 19.2 Å². The number of aryl methyl sites for hydroxylation is 2. The number of carbonyl (C=O) groups is 4. The summed E-state index contributed by atoms with van der Waals surface area (Å²) in [7, 11) is 0. The molecular formula is C22H22ClN3O5. The summed E-state index contributed by atoms with van der Waals surface area (Å²) in [6.45, 7) is 3.17. The van der Waals surface area contributed by atoms with Crippen LogP contribution in [0.15, 0.2) is 42.5 Å². The molecule has 1 aliphatic heterocycles. The molecule has 162 valence electrons. The van der Waals surface area contributed by atoms with E-state index in [1.54, 1.807) is 36.4 Å². The highest BCUT2D eigenvalue weighted by atomic mass is 35.5. The van der Waals surface area contributed by atoms with Gasteiger partial charge < -0.3 is 10.1 Å². The minimum Gasteiger partial charge on any atom is -0.455 e. The van der Waals surface area contributed by atoms with E-state index < -0.39 is 36.2 Å². The minimum atomic E-state index is -0.771. The van der Waals surface area contributed by atoms with E-state index >= 15 is 0 Å². The van der Waals surface area contributed by atoms with Gasteiger partial charge in [-0.05, 0) is 43.7 Å². The number of hydrogen-bond donors (Lipinski definition) is 2. The second kappa shape index (κ2) is 9.61. The van der Waals surface area contributed by atoms with Crippen LogP contribution in [0, 0.1) is 19.8 Å². The minimum absolute atomic E-state index is 0.0234. The molecule has 2 aromatic rings. The normalized spacial score (nSPS) is 15.5. The van der Waals surface area contributed by atoms with Crippen molar-refractivity contribution in [2.45, 2.75) is 20.3 Å². The molecule has 3 rings (SSSR count). The fourth-order valence-corrected chi connectivity index (χ4v) is 3.25. The number of nitrogens with zero attached hydrogens (tertiary/aromatic N) is 1. The summed E-state index contributed by atoms with van der Waals surface area (Å²) in [5.74, 6) is -2.82. The highest BCUT2D eigenvalue weighted by Gasteiger charge is 2.36. The third kappa shape index (κ3) is 5.82. The molecule has 0 aromatic heterocycles. The van der Waals surface area contributed by atoms with Crippen LogP contribution < -0.4 is 10.7 Å². The van der Waals surface area contributed by atoms with Gasteiger partial charge in [0, 0.05) is 22.7 Å². The molecule has 9 heteroatoms. The van der Waals surface area contributed by atoms with Gasteiger partial charge in [0.25, 0.3) is 11.8 Å². The van der Waals surface area contributed by atoms with Crippen molar-refractivity contribution in [3.63, 3.8) is 0 Å². The summed E-state index contributed by atoms with van der Waals surface area (Å²) in [4.78, 5) is 48.8. The molecule has 1 saturated heterocycles. The van der Waals surface area contributed by atoms with Gasteiger partial charge in [-0.3, -0.25) is 29.6 Å². The van der Waals surface area contributed by atoms with Crippen molar-refractivity contribution >= 4 is 41.0 Å². The quantitative estimate of drug-likeness (QED) is 0.668. The second-order valence-electron chi connectivity index (χ2n) is 7.34. The fraction of sp³-hybridized carbons (Fsp3) is 0.273. The number of hydrogen-bond acceptors (Lipinski definition) is 5. The van der Waals surface area contributed by atoms with Gasteiger partial charge in [-0.25, -0.2) is 0 Å². The number of anilines is 1. The maximum atomic E-state index is 12.3. The Morgan fingerprint density at radius 1 is 1.16 bits per heavy atom. The van der Waals surface area contributed by atoms with Crippen LogP contribution >= 0.6 is 11.6 Å². The van der Waals surface area contributed by atoms with E-state index in [-0.39, 0.29) is 13.0 Å². The Bertz CT molecular complexity index is 1040. The number of rotatable bonds is 6. The van der Waals surface area contributed by atoms with Crippen LogP contribution in [0.4, 0.5) is 5.69 Å². The number of esters is 1. The lowest BCUT2D eigenvalue weighted by molar-refractivity contribution is -0.151. The van der Waals surface area contributed by atoms with Crippen molar-refractivity contribution in [1.82, 2.24) is 10.4 Å². The Balaban J connectivity index is 1.48. The highest BCUT2D eigenvalue weighted by molar-refractivity contribution is 6.31. The van der Waals surface area contributed by atoms with Crippen molar-refractivity contribution in [1.29, 1.82) is 0 Å². The molecule has 1 aliphatic rings. The molecule has 0 spiro atoms. The van der Waals surface area contributed by atoms with Crippen LogP contribution in [0.25, 0.3) is 0 Å². The van der Waals surface area contributed by atoms with E-state index in [4.69, 9.17) is 16.3 Å². The molecule has 0 saturated carbocycles. The number of ether oxygens (including phenoxy) is 1. The lowest BCUT2D eigenvalue weighted by Crippen LogP contribution is -2.43. The molecule has 0 unspecified atom stereocenters. The third-order valence-electron chi connectivity index (χ3n) is 4.78. The summed E-state index contributed by atoms with van der Waals surface area (Å²) in [6.07, 6.45) is -0.109. The Kier molecular flexibility index (Phi) is 6.91. The third-order valence-corrected chi connectivity index (χ3v) is 5.18. The molecule has 2 N–H and O–H groups in total. The maximum Gasteiger partial charge on any atom is 0.311 e. The first kappa shape index (κ1) is 22.3. The number of nitrogens with one attached hydrogen (secondary N) is 2. The molecule has 1 fully saturated rings. The van der Waals surface area contributed by atoms with E-state index in [1.165, 1.54) is 0 Å². The molecule has 2 aromatic carbocycles. The average molecular weight is 444 g/mol. The molecule has 0 aliphatic carbocycles. The molecule has 31 heavy (non-hydrogen) atoms. The zero-order valence-corrected chi connectivity index (χ0v) is 17.9. The number of carbonyl (C=O) groups excluding carboxylic acids is 4. The number of hydrazine groups is 1.